The molecule has 11 heteroatoms. The summed E-state index contributed by atoms with van der Waals surface area (Å²) in [6, 6.07) is 11.7. The molecule has 0 saturated heterocycles. The van der Waals surface area contributed by atoms with Crippen molar-refractivity contribution in [1.29, 1.82) is 0 Å². The zero-order chi connectivity index (χ0) is 22.0. The van der Waals surface area contributed by atoms with Gasteiger partial charge in [-0.2, -0.15) is 9.90 Å². The number of nitrogens with one attached hydrogen (secondary N) is 1. The quantitative estimate of drug-likeness (QED) is 0.453. The minimum absolute atomic E-state index is 0. The average Bonchev–Trinajstić information content (AvgIpc) is 3.39. The average molecular weight is 455 g/mol. The molecule has 10 nitrogen and oxygen atoms in total. The number of carbonyl (C=O) groups excluding carboxylic acids is 1. The third kappa shape index (κ3) is 4.35. The van der Waals surface area contributed by atoms with Crippen LogP contribution in [-0.4, -0.2) is 42.1 Å². The third-order valence-electron chi connectivity index (χ3n) is 4.59. The summed E-state index contributed by atoms with van der Waals surface area (Å²) in [5.41, 5.74) is 1.77. The first-order chi connectivity index (χ1) is 15.0. The lowest BCUT2D eigenvalue weighted by atomic mass is 10.0. The number of hydrogen-bond donors (Lipinski definition) is 2. The minimum atomic E-state index is -1.22. The van der Waals surface area contributed by atoms with Crippen molar-refractivity contribution in [2.45, 2.75) is 19.9 Å². The van der Waals surface area contributed by atoms with Gasteiger partial charge in [0.15, 0.2) is 11.5 Å². The molecule has 32 heavy (non-hydrogen) atoms. The molecule has 1 atom stereocenters. The van der Waals surface area contributed by atoms with Gasteiger partial charge in [0.1, 0.15) is 11.3 Å². The topological polar surface area (TPSA) is 136 Å². The van der Waals surface area contributed by atoms with E-state index in [1.165, 1.54) is 11.0 Å². The first-order valence-electron chi connectivity index (χ1n) is 9.39. The highest BCUT2D eigenvalue weighted by Crippen LogP contribution is 2.29. The fourth-order valence-corrected chi connectivity index (χ4v) is 3.10. The number of aromatic carboxylic acids is 1. The molecule has 0 saturated carbocycles. The van der Waals surface area contributed by atoms with Gasteiger partial charge in [-0.05, 0) is 38.1 Å². The van der Waals surface area contributed by atoms with Crippen LogP contribution in [-0.2, 0) is 0 Å². The van der Waals surface area contributed by atoms with Crippen molar-refractivity contribution in [1.82, 2.24) is 30.5 Å². The Morgan fingerprint density at radius 1 is 1.12 bits per heavy atom. The molecule has 4 rings (SSSR count). The van der Waals surface area contributed by atoms with Gasteiger partial charge in [-0.3, -0.25) is 9.78 Å². The van der Waals surface area contributed by atoms with Gasteiger partial charge >= 0.3 is 5.97 Å². The van der Waals surface area contributed by atoms with E-state index in [0.717, 1.165) is 0 Å². The molecule has 1 amide bonds. The van der Waals surface area contributed by atoms with Crippen molar-refractivity contribution >= 4 is 24.3 Å². The second kappa shape index (κ2) is 9.40. The molecule has 4 aromatic rings. The van der Waals surface area contributed by atoms with Crippen LogP contribution in [0.25, 0.3) is 16.9 Å². The molecule has 0 unspecified atom stereocenters. The molecule has 164 valence electrons. The molecule has 0 radical (unpaired) electrons. The molecular weight excluding hydrogens is 436 g/mol. The fraction of sp³-hybridized carbons (Fsp3) is 0.143. The number of para-hydroxylation sites is 1. The highest BCUT2D eigenvalue weighted by molar-refractivity contribution is 5.97. The third-order valence-corrected chi connectivity index (χ3v) is 4.59. The Labute approximate surface area is 188 Å². The van der Waals surface area contributed by atoms with Crippen molar-refractivity contribution in [3.63, 3.8) is 0 Å². The summed E-state index contributed by atoms with van der Waals surface area (Å²) in [7, 11) is 0. The zero-order valence-corrected chi connectivity index (χ0v) is 17.9. The standard InChI is InChI=1S/C21H18N6O4.ClH/c1-12-17(25-27(24-12)15-8-4-3-5-9-15)20(28)23-13(2)19-16(21(29)30)18(26-31-19)14-7-6-10-22-11-14;/h3-11,13H,1-2H3,(H,23,28)(H,29,30);1H/t13-;/m1./s1. The lowest BCUT2D eigenvalue weighted by Gasteiger charge is -2.11. The van der Waals surface area contributed by atoms with Crippen molar-refractivity contribution in [3.05, 3.63) is 77.6 Å². The molecule has 2 N–H and O–H groups in total. The number of carbonyl (C=O) groups is 2. The number of benzene rings is 1. The predicted molar refractivity (Wildman–Crippen MR) is 116 cm³/mol. The van der Waals surface area contributed by atoms with Crippen molar-refractivity contribution < 1.29 is 19.2 Å². The molecular formula is C21H19ClN6O4. The fourth-order valence-electron chi connectivity index (χ4n) is 3.10. The van der Waals surface area contributed by atoms with Crippen LogP contribution in [0.3, 0.4) is 0 Å². The van der Waals surface area contributed by atoms with Crippen LogP contribution < -0.4 is 5.32 Å². The number of hydrogen-bond acceptors (Lipinski definition) is 7. The molecule has 0 fully saturated rings. The van der Waals surface area contributed by atoms with E-state index in [4.69, 9.17) is 4.52 Å². The monoisotopic (exact) mass is 454 g/mol. The number of amides is 1. The minimum Gasteiger partial charge on any atom is -0.477 e. The Bertz CT molecular complexity index is 1240. The Morgan fingerprint density at radius 3 is 2.53 bits per heavy atom. The molecule has 1 aromatic carbocycles. The summed E-state index contributed by atoms with van der Waals surface area (Å²) >= 11 is 0. The van der Waals surface area contributed by atoms with Crippen LogP contribution in [0.2, 0.25) is 0 Å². The second-order valence-corrected chi connectivity index (χ2v) is 6.77. The van der Waals surface area contributed by atoms with Gasteiger partial charge < -0.3 is 14.9 Å². The lowest BCUT2D eigenvalue weighted by molar-refractivity contribution is 0.0692. The van der Waals surface area contributed by atoms with E-state index in [1.54, 1.807) is 32.2 Å². The molecule has 3 aromatic heterocycles. The van der Waals surface area contributed by atoms with E-state index in [1.807, 2.05) is 30.3 Å². The number of aromatic nitrogens is 5. The van der Waals surface area contributed by atoms with Crippen LogP contribution >= 0.6 is 12.4 Å². The number of halogens is 1. The van der Waals surface area contributed by atoms with E-state index >= 15 is 0 Å². The Balaban J connectivity index is 0.00000289. The summed E-state index contributed by atoms with van der Waals surface area (Å²) in [4.78, 5) is 30.0. The number of nitrogens with zero attached hydrogens (tertiary/aromatic N) is 5. The van der Waals surface area contributed by atoms with Gasteiger partial charge in [0.05, 0.1) is 17.4 Å². The van der Waals surface area contributed by atoms with Crippen molar-refractivity contribution in [3.8, 4) is 16.9 Å². The maximum Gasteiger partial charge on any atom is 0.341 e. The smallest absolute Gasteiger partial charge is 0.341 e. The highest BCUT2D eigenvalue weighted by Gasteiger charge is 2.29. The maximum atomic E-state index is 12.8. The van der Waals surface area contributed by atoms with Crippen LogP contribution in [0.5, 0.6) is 0 Å². The van der Waals surface area contributed by atoms with Gasteiger partial charge in [0, 0.05) is 18.0 Å². The molecule has 0 aliphatic heterocycles. The van der Waals surface area contributed by atoms with Gasteiger partial charge in [0.2, 0.25) is 0 Å². The largest absolute Gasteiger partial charge is 0.477 e. The maximum absolute atomic E-state index is 12.8. The first-order valence-corrected chi connectivity index (χ1v) is 9.39. The molecule has 3 heterocycles. The first kappa shape index (κ1) is 22.6. The summed E-state index contributed by atoms with van der Waals surface area (Å²) in [5, 5.41) is 24.9. The summed E-state index contributed by atoms with van der Waals surface area (Å²) in [5.74, 6) is -1.71. The Hall–Kier alpha value is -4.05. The normalized spacial score (nSPS) is 11.4. The predicted octanol–water partition coefficient (Wildman–Crippen LogP) is 3.24. The van der Waals surface area contributed by atoms with Crippen molar-refractivity contribution in [2.24, 2.45) is 0 Å². The van der Waals surface area contributed by atoms with Crippen LogP contribution in [0.1, 0.15) is 45.3 Å². The number of pyridine rings is 1. The SMILES string of the molecule is Cc1nn(-c2ccccc2)nc1C(=O)N[C@H](C)c1onc(-c2cccnc2)c1C(=O)O.Cl. The molecule has 0 aliphatic carbocycles. The Kier molecular flexibility index (Phi) is 6.64. The lowest BCUT2D eigenvalue weighted by Crippen LogP contribution is -2.28. The Morgan fingerprint density at radius 2 is 1.88 bits per heavy atom. The zero-order valence-electron chi connectivity index (χ0n) is 17.1. The number of carboxylic acid groups (broad SMARTS) is 1. The van der Waals surface area contributed by atoms with Crippen LogP contribution in [0.15, 0.2) is 59.4 Å². The number of rotatable bonds is 6. The molecule has 0 aliphatic rings. The summed E-state index contributed by atoms with van der Waals surface area (Å²) in [6.45, 7) is 3.28. The number of aryl methyl sites for hydroxylation is 1. The highest BCUT2D eigenvalue weighted by atomic mass is 35.5. The van der Waals surface area contributed by atoms with Gasteiger partial charge in [-0.1, -0.05) is 23.4 Å². The van der Waals surface area contributed by atoms with Gasteiger partial charge in [-0.25, -0.2) is 4.79 Å². The van der Waals surface area contributed by atoms with E-state index in [-0.39, 0.29) is 35.1 Å². The number of carboxylic acids is 1. The molecule has 0 bridgehead atoms. The van der Waals surface area contributed by atoms with Gasteiger partial charge in [-0.15, -0.1) is 17.5 Å². The molecule has 0 spiro atoms. The van der Waals surface area contributed by atoms with E-state index in [9.17, 15) is 14.7 Å². The van der Waals surface area contributed by atoms with Crippen LogP contribution in [0, 0.1) is 6.92 Å². The van der Waals surface area contributed by atoms with Crippen LogP contribution in [0.4, 0.5) is 0 Å². The van der Waals surface area contributed by atoms with E-state index < -0.39 is 17.9 Å². The summed E-state index contributed by atoms with van der Waals surface area (Å²) in [6.07, 6.45) is 3.06. The van der Waals surface area contributed by atoms with E-state index in [2.05, 4.69) is 25.7 Å². The van der Waals surface area contributed by atoms with Gasteiger partial charge in [0.25, 0.3) is 5.91 Å². The van der Waals surface area contributed by atoms with E-state index in [0.29, 0.717) is 16.9 Å². The summed E-state index contributed by atoms with van der Waals surface area (Å²) < 4.78 is 5.30. The second-order valence-electron chi connectivity index (χ2n) is 6.77. The van der Waals surface area contributed by atoms with Crippen molar-refractivity contribution in [2.75, 3.05) is 0 Å².